The minimum absolute atomic E-state index is 0.167. The standard InChI is InChI=1S/C18H24N2O5/c1-18(2,3)24-9-8-23-16-7-4-13(10-19-16)17(22)20-11-14-5-6-15(12-21)25-14/h4-7,10,21H,8-9,11-12H2,1-3H3,(H,20,22). The number of nitrogens with zero attached hydrogens (tertiary/aromatic N) is 1. The fraction of sp³-hybridized carbons (Fsp3) is 0.444. The van der Waals surface area contributed by atoms with Crippen molar-refractivity contribution < 1.29 is 23.8 Å². The molecule has 0 radical (unpaired) electrons. The van der Waals surface area contributed by atoms with Crippen LogP contribution in [-0.2, 0) is 17.9 Å². The lowest BCUT2D eigenvalue weighted by Crippen LogP contribution is -2.23. The van der Waals surface area contributed by atoms with Crippen LogP contribution in [0.2, 0.25) is 0 Å². The number of carbonyl (C=O) groups excluding carboxylic acids is 1. The SMILES string of the molecule is CC(C)(C)OCCOc1ccc(C(=O)NCc2ccc(CO)o2)cn1. The summed E-state index contributed by atoms with van der Waals surface area (Å²) in [5, 5.41) is 11.7. The van der Waals surface area contributed by atoms with Gasteiger partial charge in [0.15, 0.2) is 0 Å². The van der Waals surface area contributed by atoms with Crippen molar-refractivity contribution in [2.45, 2.75) is 39.5 Å². The predicted molar refractivity (Wildman–Crippen MR) is 91.2 cm³/mol. The summed E-state index contributed by atoms with van der Waals surface area (Å²) in [6.07, 6.45) is 1.45. The number of furan rings is 1. The Bertz CT molecular complexity index is 674. The van der Waals surface area contributed by atoms with Gasteiger partial charge in [-0.1, -0.05) is 0 Å². The van der Waals surface area contributed by atoms with Crippen LogP contribution in [0.1, 0.15) is 42.6 Å². The molecule has 0 aliphatic carbocycles. The van der Waals surface area contributed by atoms with Gasteiger partial charge in [-0.2, -0.15) is 0 Å². The first-order chi connectivity index (χ1) is 11.9. The normalized spacial score (nSPS) is 11.4. The molecule has 0 unspecified atom stereocenters. The van der Waals surface area contributed by atoms with Crippen LogP contribution in [-0.4, -0.2) is 34.8 Å². The molecule has 0 aromatic carbocycles. The second kappa shape index (κ2) is 8.64. The zero-order valence-electron chi connectivity index (χ0n) is 14.7. The average molecular weight is 348 g/mol. The van der Waals surface area contributed by atoms with Gasteiger partial charge < -0.3 is 24.3 Å². The zero-order chi connectivity index (χ0) is 18.3. The van der Waals surface area contributed by atoms with E-state index in [9.17, 15) is 4.79 Å². The Balaban J connectivity index is 1.77. The number of aromatic nitrogens is 1. The first-order valence-electron chi connectivity index (χ1n) is 8.07. The van der Waals surface area contributed by atoms with E-state index in [4.69, 9.17) is 19.0 Å². The topological polar surface area (TPSA) is 93.8 Å². The van der Waals surface area contributed by atoms with Crippen LogP contribution in [0, 0.1) is 0 Å². The van der Waals surface area contributed by atoms with Crippen LogP contribution in [0.3, 0.4) is 0 Å². The van der Waals surface area contributed by atoms with E-state index in [1.165, 1.54) is 6.20 Å². The number of pyridine rings is 1. The number of hydrogen-bond acceptors (Lipinski definition) is 6. The quantitative estimate of drug-likeness (QED) is 0.711. The van der Waals surface area contributed by atoms with Gasteiger partial charge in [0.1, 0.15) is 24.7 Å². The van der Waals surface area contributed by atoms with Crippen LogP contribution in [0.15, 0.2) is 34.9 Å². The molecule has 2 heterocycles. The highest BCUT2D eigenvalue weighted by molar-refractivity contribution is 5.93. The van der Waals surface area contributed by atoms with Crippen molar-refractivity contribution >= 4 is 5.91 Å². The van der Waals surface area contributed by atoms with E-state index in [0.717, 1.165) is 0 Å². The highest BCUT2D eigenvalue weighted by Gasteiger charge is 2.10. The minimum Gasteiger partial charge on any atom is -0.475 e. The molecule has 2 rings (SSSR count). The summed E-state index contributed by atoms with van der Waals surface area (Å²) in [7, 11) is 0. The summed E-state index contributed by atoms with van der Waals surface area (Å²) in [6, 6.07) is 6.66. The summed E-state index contributed by atoms with van der Waals surface area (Å²) in [6.45, 7) is 6.86. The summed E-state index contributed by atoms with van der Waals surface area (Å²) < 4.78 is 16.3. The van der Waals surface area contributed by atoms with Gasteiger partial charge in [0.25, 0.3) is 5.91 Å². The molecule has 2 aromatic rings. The minimum atomic E-state index is -0.267. The number of aliphatic hydroxyl groups excluding tert-OH is 1. The molecule has 0 saturated carbocycles. The number of amides is 1. The lowest BCUT2D eigenvalue weighted by molar-refractivity contribution is -0.0168. The van der Waals surface area contributed by atoms with Gasteiger partial charge >= 0.3 is 0 Å². The van der Waals surface area contributed by atoms with E-state index in [0.29, 0.717) is 36.2 Å². The van der Waals surface area contributed by atoms with Gasteiger partial charge in [-0.05, 0) is 39.0 Å². The molecule has 2 N–H and O–H groups in total. The number of hydrogen-bond donors (Lipinski definition) is 2. The number of aliphatic hydroxyl groups is 1. The molecular weight excluding hydrogens is 324 g/mol. The monoisotopic (exact) mass is 348 g/mol. The molecule has 1 amide bonds. The lowest BCUT2D eigenvalue weighted by Gasteiger charge is -2.19. The van der Waals surface area contributed by atoms with E-state index >= 15 is 0 Å². The smallest absolute Gasteiger partial charge is 0.253 e. The lowest BCUT2D eigenvalue weighted by atomic mass is 10.2. The maximum absolute atomic E-state index is 12.1. The third-order valence-corrected chi connectivity index (χ3v) is 3.16. The Hall–Kier alpha value is -2.38. The van der Waals surface area contributed by atoms with Crippen LogP contribution >= 0.6 is 0 Å². The third-order valence-electron chi connectivity index (χ3n) is 3.16. The summed E-state index contributed by atoms with van der Waals surface area (Å²) in [5.74, 6) is 1.21. The van der Waals surface area contributed by atoms with E-state index in [2.05, 4.69) is 10.3 Å². The Labute approximate surface area is 147 Å². The van der Waals surface area contributed by atoms with Gasteiger partial charge in [-0.25, -0.2) is 4.98 Å². The van der Waals surface area contributed by atoms with Crippen molar-refractivity contribution in [1.82, 2.24) is 10.3 Å². The van der Waals surface area contributed by atoms with Crippen LogP contribution in [0.5, 0.6) is 5.88 Å². The molecule has 7 nitrogen and oxygen atoms in total. The van der Waals surface area contributed by atoms with E-state index in [-0.39, 0.29) is 24.7 Å². The number of ether oxygens (including phenoxy) is 2. The Morgan fingerprint density at radius 2 is 1.96 bits per heavy atom. The largest absolute Gasteiger partial charge is 0.475 e. The van der Waals surface area contributed by atoms with E-state index < -0.39 is 0 Å². The maximum atomic E-state index is 12.1. The Kier molecular flexibility index (Phi) is 6.55. The van der Waals surface area contributed by atoms with Crippen LogP contribution in [0.25, 0.3) is 0 Å². The summed E-state index contributed by atoms with van der Waals surface area (Å²) in [4.78, 5) is 16.2. The third kappa shape index (κ3) is 6.56. The number of carbonyl (C=O) groups is 1. The Morgan fingerprint density at radius 3 is 2.56 bits per heavy atom. The van der Waals surface area contributed by atoms with Crippen LogP contribution in [0.4, 0.5) is 0 Å². The second-order valence-electron chi connectivity index (χ2n) is 6.40. The molecule has 0 fully saturated rings. The van der Waals surface area contributed by atoms with Crippen molar-refractivity contribution in [2.75, 3.05) is 13.2 Å². The molecule has 25 heavy (non-hydrogen) atoms. The van der Waals surface area contributed by atoms with E-state index in [1.807, 2.05) is 20.8 Å². The van der Waals surface area contributed by atoms with Crippen molar-refractivity contribution in [1.29, 1.82) is 0 Å². The van der Waals surface area contributed by atoms with Gasteiger partial charge in [-0.3, -0.25) is 4.79 Å². The Morgan fingerprint density at radius 1 is 1.20 bits per heavy atom. The molecule has 0 spiro atoms. The predicted octanol–water partition coefficient (Wildman–Crippen LogP) is 2.29. The molecule has 0 atom stereocenters. The zero-order valence-corrected chi connectivity index (χ0v) is 14.7. The molecular formula is C18H24N2O5. The van der Waals surface area contributed by atoms with Crippen molar-refractivity contribution in [3.63, 3.8) is 0 Å². The summed E-state index contributed by atoms with van der Waals surface area (Å²) in [5.41, 5.74) is 0.220. The van der Waals surface area contributed by atoms with Gasteiger partial charge in [0.05, 0.1) is 24.3 Å². The summed E-state index contributed by atoms with van der Waals surface area (Å²) >= 11 is 0. The fourth-order valence-electron chi connectivity index (χ4n) is 1.97. The molecule has 2 aromatic heterocycles. The molecule has 136 valence electrons. The fourth-order valence-corrected chi connectivity index (χ4v) is 1.97. The maximum Gasteiger partial charge on any atom is 0.253 e. The second-order valence-corrected chi connectivity index (χ2v) is 6.40. The first-order valence-corrected chi connectivity index (χ1v) is 8.07. The van der Waals surface area contributed by atoms with Crippen molar-refractivity contribution in [2.24, 2.45) is 0 Å². The van der Waals surface area contributed by atoms with Crippen molar-refractivity contribution in [3.05, 3.63) is 47.5 Å². The number of rotatable bonds is 8. The van der Waals surface area contributed by atoms with Gasteiger partial charge in [-0.15, -0.1) is 0 Å². The van der Waals surface area contributed by atoms with Crippen molar-refractivity contribution in [3.8, 4) is 5.88 Å². The molecule has 7 heteroatoms. The number of nitrogens with one attached hydrogen (secondary N) is 1. The van der Waals surface area contributed by atoms with Gasteiger partial charge in [0.2, 0.25) is 5.88 Å². The van der Waals surface area contributed by atoms with Gasteiger partial charge in [0, 0.05) is 12.3 Å². The highest BCUT2D eigenvalue weighted by atomic mass is 16.5. The van der Waals surface area contributed by atoms with E-state index in [1.54, 1.807) is 24.3 Å². The molecule has 0 aliphatic heterocycles. The van der Waals surface area contributed by atoms with Crippen LogP contribution < -0.4 is 10.1 Å². The molecule has 0 saturated heterocycles. The average Bonchev–Trinajstić information content (AvgIpc) is 3.04. The highest BCUT2D eigenvalue weighted by Crippen LogP contribution is 2.11. The first kappa shape index (κ1) is 19.0. The molecule has 0 bridgehead atoms. The molecule has 0 aliphatic rings.